The summed E-state index contributed by atoms with van der Waals surface area (Å²) < 4.78 is 3.25. The highest BCUT2D eigenvalue weighted by atomic mass is 79.9. The number of halogens is 1. The molecule has 0 fully saturated rings. The van der Waals surface area contributed by atoms with Crippen LogP contribution in [0.5, 0.6) is 0 Å². The summed E-state index contributed by atoms with van der Waals surface area (Å²) >= 11 is 3.49. The molecule has 0 saturated heterocycles. The summed E-state index contributed by atoms with van der Waals surface area (Å²) in [6, 6.07) is 8.26. The molecule has 0 bridgehead atoms. The molecule has 0 saturated carbocycles. The summed E-state index contributed by atoms with van der Waals surface area (Å²) in [4.78, 5) is 0. The van der Waals surface area contributed by atoms with Crippen LogP contribution >= 0.6 is 15.9 Å². The molecule has 1 aromatic carbocycles. The molecule has 2 aromatic rings. The Morgan fingerprint density at radius 3 is 2.32 bits per heavy atom. The molecule has 0 spiro atoms. The highest BCUT2D eigenvalue weighted by Gasteiger charge is 2.10. The lowest BCUT2D eigenvalue weighted by atomic mass is 10.2. The average molecular weight is 354 g/mol. The van der Waals surface area contributed by atoms with Crippen LogP contribution in [0.15, 0.2) is 53.5 Å². The third-order valence-electron chi connectivity index (χ3n) is 3.45. The summed E-state index contributed by atoms with van der Waals surface area (Å²) in [6.07, 6.45) is 12.1. The van der Waals surface area contributed by atoms with Crippen molar-refractivity contribution in [3.05, 3.63) is 75.4 Å². The molecule has 0 atom stereocenters. The smallest absolute Gasteiger partial charge is 0.0534 e. The minimum Gasteiger partial charge on any atom is -0.309 e. The molecule has 112 valence electrons. The van der Waals surface area contributed by atoms with Gasteiger partial charge in [-0.15, -0.1) is 0 Å². The Balaban J connectivity index is 2.91. The number of hydrogen-bond donors (Lipinski definition) is 0. The van der Waals surface area contributed by atoms with E-state index in [1.807, 2.05) is 50.3 Å². The quantitative estimate of drug-likeness (QED) is 0.751. The maximum absolute atomic E-state index is 4.27. The van der Waals surface area contributed by atoms with Crippen LogP contribution in [0.3, 0.4) is 0 Å². The molecule has 0 N–H and O–H groups in total. The van der Waals surface area contributed by atoms with Gasteiger partial charge < -0.3 is 4.57 Å². The summed E-state index contributed by atoms with van der Waals surface area (Å²) in [5.41, 5.74) is 3.26. The molecule has 1 heterocycles. The number of aromatic nitrogens is 1. The minimum atomic E-state index is 1.01. The Morgan fingerprint density at radius 2 is 1.77 bits per heavy atom. The molecule has 2 heteroatoms. The first kappa shape index (κ1) is 16.3. The van der Waals surface area contributed by atoms with Crippen molar-refractivity contribution in [1.82, 2.24) is 4.57 Å². The van der Waals surface area contributed by atoms with Crippen LogP contribution in [0.2, 0.25) is 0 Å². The van der Waals surface area contributed by atoms with Gasteiger partial charge in [-0.2, -0.15) is 0 Å². The van der Waals surface area contributed by atoms with Crippen LogP contribution in [0.1, 0.15) is 25.1 Å². The van der Waals surface area contributed by atoms with Gasteiger partial charge in [0.25, 0.3) is 0 Å². The summed E-state index contributed by atoms with van der Waals surface area (Å²) in [6.45, 7) is 12.3. The fraction of sp³-hybridized carbons (Fsp3) is 0.100. The fourth-order valence-electron chi connectivity index (χ4n) is 2.46. The molecule has 0 amide bonds. The Kier molecular flexibility index (Phi) is 5.40. The van der Waals surface area contributed by atoms with E-state index in [1.165, 1.54) is 0 Å². The van der Waals surface area contributed by atoms with Crippen molar-refractivity contribution in [3.63, 3.8) is 0 Å². The topological polar surface area (TPSA) is 4.93 Å². The average Bonchev–Trinajstić information content (AvgIpc) is 2.79. The van der Waals surface area contributed by atoms with Gasteiger partial charge in [-0.1, -0.05) is 53.4 Å². The van der Waals surface area contributed by atoms with Gasteiger partial charge in [0.15, 0.2) is 0 Å². The van der Waals surface area contributed by atoms with E-state index >= 15 is 0 Å². The maximum Gasteiger partial charge on any atom is 0.0534 e. The third-order valence-corrected chi connectivity index (χ3v) is 3.98. The van der Waals surface area contributed by atoms with Gasteiger partial charge in [0.2, 0.25) is 0 Å². The van der Waals surface area contributed by atoms with Crippen LogP contribution in [0.4, 0.5) is 0 Å². The molecular weight excluding hydrogens is 334 g/mol. The van der Waals surface area contributed by atoms with E-state index in [2.05, 4.69) is 57.9 Å². The molecule has 2 rings (SSSR count). The van der Waals surface area contributed by atoms with Gasteiger partial charge in [0.1, 0.15) is 0 Å². The van der Waals surface area contributed by atoms with Crippen molar-refractivity contribution >= 4 is 40.7 Å². The first-order valence-corrected chi connectivity index (χ1v) is 8.01. The zero-order chi connectivity index (χ0) is 16.1. The Hall–Kier alpha value is -2.06. The molecule has 22 heavy (non-hydrogen) atoms. The van der Waals surface area contributed by atoms with Gasteiger partial charge in [-0.3, -0.25) is 0 Å². The molecular formula is C20H20BrN. The number of hydrogen-bond acceptors (Lipinski definition) is 0. The normalized spacial score (nSPS) is 12.6. The Morgan fingerprint density at radius 1 is 1.09 bits per heavy atom. The lowest BCUT2D eigenvalue weighted by Crippen LogP contribution is -2.27. The molecule has 0 unspecified atom stereocenters. The second-order valence-electron chi connectivity index (χ2n) is 4.87. The van der Waals surface area contributed by atoms with Gasteiger partial charge in [-0.05, 0) is 50.3 Å². The Bertz CT molecular complexity index is 833. The highest BCUT2D eigenvalue weighted by molar-refractivity contribution is 9.10. The second kappa shape index (κ2) is 7.28. The maximum atomic E-state index is 4.27. The van der Waals surface area contributed by atoms with Gasteiger partial charge in [0.05, 0.1) is 11.0 Å². The van der Waals surface area contributed by atoms with E-state index in [4.69, 9.17) is 0 Å². The molecule has 1 nitrogen and oxygen atoms in total. The van der Waals surface area contributed by atoms with E-state index in [0.717, 1.165) is 32.0 Å². The molecule has 0 radical (unpaired) electrons. The Labute approximate surface area is 140 Å². The molecule has 1 aromatic heterocycles. The summed E-state index contributed by atoms with van der Waals surface area (Å²) in [5, 5.41) is 2.08. The predicted octanol–water partition coefficient (Wildman–Crippen LogP) is 4.68. The number of allylic oxidation sites excluding steroid dienone is 3. The third kappa shape index (κ3) is 3.07. The van der Waals surface area contributed by atoms with E-state index < -0.39 is 0 Å². The lowest BCUT2D eigenvalue weighted by Gasteiger charge is -2.08. The largest absolute Gasteiger partial charge is 0.309 e. The molecule has 0 aliphatic heterocycles. The van der Waals surface area contributed by atoms with Crippen molar-refractivity contribution in [3.8, 4) is 5.69 Å². The number of rotatable bonds is 4. The van der Waals surface area contributed by atoms with Gasteiger partial charge >= 0.3 is 0 Å². The van der Waals surface area contributed by atoms with Crippen molar-refractivity contribution in [2.45, 2.75) is 13.8 Å². The SMILES string of the molecule is C=Cc1c(/C=C\C)c(=C)/c(=C\C=C/C)n1-c1ccc(Br)cc1. The fourth-order valence-corrected chi connectivity index (χ4v) is 2.73. The van der Waals surface area contributed by atoms with Crippen molar-refractivity contribution in [2.75, 3.05) is 0 Å². The van der Waals surface area contributed by atoms with Gasteiger partial charge in [-0.25, -0.2) is 0 Å². The van der Waals surface area contributed by atoms with Crippen LogP contribution in [-0.4, -0.2) is 4.57 Å². The van der Waals surface area contributed by atoms with Crippen LogP contribution in [-0.2, 0) is 0 Å². The van der Waals surface area contributed by atoms with E-state index in [1.54, 1.807) is 0 Å². The predicted molar refractivity (Wildman–Crippen MR) is 102 cm³/mol. The first-order chi connectivity index (χ1) is 10.6. The molecule has 0 aliphatic carbocycles. The van der Waals surface area contributed by atoms with Gasteiger partial charge in [0, 0.05) is 20.9 Å². The van der Waals surface area contributed by atoms with Crippen molar-refractivity contribution in [2.24, 2.45) is 0 Å². The van der Waals surface area contributed by atoms with E-state index in [-0.39, 0.29) is 0 Å². The summed E-state index contributed by atoms with van der Waals surface area (Å²) in [7, 11) is 0. The summed E-state index contributed by atoms with van der Waals surface area (Å²) in [5.74, 6) is 0. The van der Waals surface area contributed by atoms with Crippen molar-refractivity contribution < 1.29 is 0 Å². The van der Waals surface area contributed by atoms with Crippen LogP contribution in [0, 0.1) is 0 Å². The monoisotopic (exact) mass is 353 g/mol. The van der Waals surface area contributed by atoms with Crippen LogP contribution < -0.4 is 10.6 Å². The highest BCUT2D eigenvalue weighted by Crippen LogP contribution is 2.17. The van der Waals surface area contributed by atoms with E-state index in [0.29, 0.717) is 0 Å². The second-order valence-corrected chi connectivity index (χ2v) is 5.79. The zero-order valence-corrected chi connectivity index (χ0v) is 14.6. The van der Waals surface area contributed by atoms with Crippen molar-refractivity contribution in [1.29, 1.82) is 0 Å². The zero-order valence-electron chi connectivity index (χ0n) is 13.0. The first-order valence-electron chi connectivity index (χ1n) is 7.21. The number of benzene rings is 1. The van der Waals surface area contributed by atoms with E-state index in [9.17, 15) is 0 Å². The van der Waals surface area contributed by atoms with Crippen LogP contribution in [0.25, 0.3) is 30.5 Å². The lowest BCUT2D eigenvalue weighted by molar-refractivity contribution is 1.01. The number of nitrogens with zero attached hydrogens (tertiary/aromatic N) is 1. The minimum absolute atomic E-state index is 1.01. The standard InChI is InChI=1S/C20H20BrN/c1-5-8-10-20-15(4)18(9-6-2)19(7-3)22(20)17-13-11-16(21)12-14-17/h5-14H,3-4H2,1-2H3/b8-5-,9-6-,20-10+. The molecule has 0 aliphatic rings.